The normalized spacial score (nSPS) is 12.3. The molecule has 1 N–H and O–H groups in total. The monoisotopic (exact) mass is 333 g/mol. The first-order chi connectivity index (χ1) is 11.4. The van der Waals surface area contributed by atoms with Gasteiger partial charge in [0.1, 0.15) is 5.82 Å². The van der Waals surface area contributed by atoms with Gasteiger partial charge in [-0.3, -0.25) is 0 Å². The summed E-state index contributed by atoms with van der Waals surface area (Å²) in [5, 5.41) is 10.5. The molecule has 1 aromatic heterocycles. The second-order valence-electron chi connectivity index (χ2n) is 6.22. The Morgan fingerprint density at radius 1 is 1.17 bits per heavy atom. The van der Waals surface area contributed by atoms with Crippen molar-refractivity contribution in [2.75, 3.05) is 25.1 Å². The molecule has 2 aromatic rings. The number of aliphatic hydroxyl groups is 1. The summed E-state index contributed by atoms with van der Waals surface area (Å²) >= 11 is 0. The van der Waals surface area contributed by atoms with Crippen molar-refractivity contribution in [2.45, 2.75) is 26.9 Å². The maximum Gasteiger partial charge on any atom is 0.228 e. The number of halogens is 1. The fraction of sp³-hybridized carbons (Fsp3) is 0.444. The summed E-state index contributed by atoms with van der Waals surface area (Å²) in [6.45, 7) is 7.05. The average molecular weight is 333 g/mol. The van der Waals surface area contributed by atoms with E-state index in [1.807, 2.05) is 11.8 Å². The van der Waals surface area contributed by atoms with E-state index in [-0.39, 0.29) is 5.82 Å². The lowest BCUT2D eigenvalue weighted by molar-refractivity contribution is 0.181. The summed E-state index contributed by atoms with van der Waals surface area (Å²) in [5.74, 6) is 1.04. The molecule has 0 aliphatic carbocycles. The molecular weight excluding hydrogens is 309 g/mol. The van der Waals surface area contributed by atoms with Crippen LogP contribution in [0.5, 0.6) is 5.88 Å². The Morgan fingerprint density at radius 2 is 1.83 bits per heavy atom. The molecule has 130 valence electrons. The Bertz CT molecular complexity index is 662. The zero-order valence-corrected chi connectivity index (χ0v) is 14.5. The minimum Gasteiger partial charge on any atom is -0.481 e. The van der Waals surface area contributed by atoms with Crippen molar-refractivity contribution in [3.05, 3.63) is 47.4 Å². The number of rotatable bonds is 7. The van der Waals surface area contributed by atoms with E-state index in [9.17, 15) is 9.50 Å². The summed E-state index contributed by atoms with van der Waals surface area (Å²) in [6, 6.07) is 7.62. The predicted octanol–water partition coefficient (Wildman–Crippen LogP) is 3.13. The van der Waals surface area contributed by atoms with Crippen LogP contribution in [-0.4, -0.2) is 35.3 Å². The van der Waals surface area contributed by atoms with Gasteiger partial charge in [0.15, 0.2) is 0 Å². The number of ether oxygens (including phenoxy) is 1. The maximum absolute atomic E-state index is 13.1. The first-order valence-electron chi connectivity index (χ1n) is 7.97. The molecule has 0 aliphatic rings. The number of aliphatic hydroxyl groups excluding tert-OH is 1. The minimum atomic E-state index is -0.764. The van der Waals surface area contributed by atoms with E-state index in [1.54, 1.807) is 25.3 Å². The maximum atomic E-state index is 13.1. The molecule has 5 nitrogen and oxygen atoms in total. The first-order valence-corrected chi connectivity index (χ1v) is 7.97. The van der Waals surface area contributed by atoms with Crippen molar-refractivity contribution >= 4 is 5.95 Å². The molecule has 0 unspecified atom stereocenters. The largest absolute Gasteiger partial charge is 0.481 e. The van der Waals surface area contributed by atoms with Crippen LogP contribution in [0.4, 0.5) is 10.3 Å². The zero-order chi connectivity index (χ0) is 17.7. The second kappa shape index (κ2) is 8.06. The van der Waals surface area contributed by atoms with E-state index in [1.165, 1.54) is 12.1 Å². The van der Waals surface area contributed by atoms with Crippen LogP contribution in [0.2, 0.25) is 0 Å². The van der Waals surface area contributed by atoms with Crippen LogP contribution in [-0.2, 0) is 0 Å². The third-order valence-corrected chi connectivity index (χ3v) is 3.54. The first kappa shape index (κ1) is 18.1. The molecule has 1 heterocycles. The summed E-state index contributed by atoms with van der Waals surface area (Å²) < 4.78 is 18.3. The standard InChI is InChI=1S/C18H24FN3O2/c1-12(2)10-22(18-20-13(3)9-17(21-18)24-4)11-16(23)14-5-7-15(19)8-6-14/h5-9,12,16,23H,10-11H2,1-4H3/t16-/m0/s1. The second-order valence-corrected chi connectivity index (χ2v) is 6.22. The number of hydrogen-bond acceptors (Lipinski definition) is 5. The van der Waals surface area contributed by atoms with Crippen molar-refractivity contribution < 1.29 is 14.2 Å². The van der Waals surface area contributed by atoms with Crippen molar-refractivity contribution in [2.24, 2.45) is 5.92 Å². The summed E-state index contributed by atoms with van der Waals surface area (Å²) in [4.78, 5) is 10.8. The number of aryl methyl sites for hydroxylation is 1. The smallest absolute Gasteiger partial charge is 0.228 e. The van der Waals surface area contributed by atoms with E-state index in [0.717, 1.165) is 5.69 Å². The van der Waals surface area contributed by atoms with E-state index in [0.29, 0.717) is 36.4 Å². The molecule has 2 rings (SSSR count). The Balaban J connectivity index is 2.24. The molecule has 0 saturated carbocycles. The molecule has 0 amide bonds. The third kappa shape index (κ3) is 4.89. The fourth-order valence-electron chi connectivity index (χ4n) is 2.45. The average Bonchev–Trinajstić information content (AvgIpc) is 2.53. The zero-order valence-electron chi connectivity index (χ0n) is 14.5. The lowest BCUT2D eigenvalue weighted by atomic mass is 10.1. The van der Waals surface area contributed by atoms with Gasteiger partial charge in [0.2, 0.25) is 11.8 Å². The van der Waals surface area contributed by atoms with Gasteiger partial charge < -0.3 is 14.7 Å². The lowest BCUT2D eigenvalue weighted by Crippen LogP contribution is -2.33. The van der Waals surface area contributed by atoms with E-state index in [2.05, 4.69) is 23.8 Å². The van der Waals surface area contributed by atoms with Gasteiger partial charge in [0.25, 0.3) is 0 Å². The molecule has 0 fully saturated rings. The van der Waals surface area contributed by atoms with Gasteiger partial charge in [-0.15, -0.1) is 0 Å². The number of methoxy groups -OCH3 is 1. The molecule has 6 heteroatoms. The van der Waals surface area contributed by atoms with Crippen LogP contribution in [0.1, 0.15) is 31.2 Å². The van der Waals surface area contributed by atoms with Crippen molar-refractivity contribution in [3.8, 4) is 5.88 Å². The van der Waals surface area contributed by atoms with Gasteiger partial charge >= 0.3 is 0 Å². The minimum absolute atomic E-state index is 0.316. The Hall–Kier alpha value is -2.21. The molecule has 0 radical (unpaired) electrons. The summed E-state index contributed by atoms with van der Waals surface area (Å²) in [6.07, 6.45) is -0.764. The fourth-order valence-corrected chi connectivity index (χ4v) is 2.45. The van der Waals surface area contributed by atoms with Crippen LogP contribution in [0.25, 0.3) is 0 Å². The number of benzene rings is 1. The van der Waals surface area contributed by atoms with Crippen molar-refractivity contribution in [3.63, 3.8) is 0 Å². The van der Waals surface area contributed by atoms with Crippen LogP contribution in [0, 0.1) is 18.7 Å². The lowest BCUT2D eigenvalue weighted by Gasteiger charge is -2.27. The predicted molar refractivity (Wildman–Crippen MR) is 91.7 cm³/mol. The third-order valence-electron chi connectivity index (χ3n) is 3.54. The van der Waals surface area contributed by atoms with Gasteiger partial charge in [-0.05, 0) is 30.5 Å². The van der Waals surface area contributed by atoms with Gasteiger partial charge in [-0.2, -0.15) is 4.98 Å². The van der Waals surface area contributed by atoms with Crippen LogP contribution < -0.4 is 9.64 Å². The van der Waals surface area contributed by atoms with Crippen LogP contribution in [0.15, 0.2) is 30.3 Å². The Labute approximate surface area is 142 Å². The molecule has 0 aliphatic heterocycles. The molecule has 1 aromatic carbocycles. The van der Waals surface area contributed by atoms with Crippen molar-refractivity contribution in [1.82, 2.24) is 9.97 Å². The van der Waals surface area contributed by atoms with Gasteiger partial charge in [0, 0.05) is 18.3 Å². The Kier molecular flexibility index (Phi) is 6.09. The Morgan fingerprint density at radius 3 is 2.42 bits per heavy atom. The van der Waals surface area contributed by atoms with E-state index in [4.69, 9.17) is 4.74 Å². The number of hydrogen-bond donors (Lipinski definition) is 1. The highest BCUT2D eigenvalue weighted by atomic mass is 19.1. The molecule has 0 spiro atoms. The topological polar surface area (TPSA) is 58.5 Å². The molecule has 24 heavy (non-hydrogen) atoms. The highest BCUT2D eigenvalue weighted by molar-refractivity contribution is 5.35. The molecular formula is C18H24FN3O2. The van der Waals surface area contributed by atoms with Gasteiger partial charge in [-0.1, -0.05) is 26.0 Å². The number of anilines is 1. The van der Waals surface area contributed by atoms with E-state index >= 15 is 0 Å². The van der Waals surface area contributed by atoms with Crippen molar-refractivity contribution in [1.29, 1.82) is 0 Å². The highest BCUT2D eigenvalue weighted by Gasteiger charge is 2.18. The summed E-state index contributed by atoms with van der Waals surface area (Å²) in [5.41, 5.74) is 1.45. The number of nitrogens with zero attached hydrogens (tertiary/aromatic N) is 3. The quantitative estimate of drug-likeness (QED) is 0.843. The molecule has 0 bridgehead atoms. The molecule has 0 saturated heterocycles. The highest BCUT2D eigenvalue weighted by Crippen LogP contribution is 2.21. The summed E-state index contributed by atoms with van der Waals surface area (Å²) in [7, 11) is 1.56. The van der Waals surface area contributed by atoms with Gasteiger partial charge in [-0.25, -0.2) is 9.37 Å². The SMILES string of the molecule is COc1cc(C)nc(N(CC(C)C)C[C@H](O)c2ccc(F)cc2)n1. The van der Waals surface area contributed by atoms with Gasteiger partial charge in [0.05, 0.1) is 19.8 Å². The van der Waals surface area contributed by atoms with E-state index < -0.39 is 6.10 Å². The molecule has 1 atom stereocenters. The number of aromatic nitrogens is 2. The van der Waals surface area contributed by atoms with Crippen LogP contribution in [0.3, 0.4) is 0 Å². The van der Waals surface area contributed by atoms with Crippen LogP contribution >= 0.6 is 0 Å².